The van der Waals surface area contributed by atoms with E-state index in [-0.39, 0.29) is 23.8 Å². The van der Waals surface area contributed by atoms with Gasteiger partial charge in [-0.2, -0.15) is 13.2 Å². The highest BCUT2D eigenvalue weighted by Gasteiger charge is 2.34. The summed E-state index contributed by atoms with van der Waals surface area (Å²) in [4.78, 5) is 22.3. The highest BCUT2D eigenvalue weighted by molar-refractivity contribution is 5.79. The van der Waals surface area contributed by atoms with Crippen LogP contribution in [0.15, 0.2) is 42.9 Å². The lowest BCUT2D eigenvalue weighted by Gasteiger charge is -2.32. The molecule has 0 N–H and O–H groups in total. The fourth-order valence-corrected chi connectivity index (χ4v) is 3.21. The molecule has 2 aromatic rings. The Hall–Kier alpha value is -2.44. The minimum Gasteiger partial charge on any atom is -0.342 e. The van der Waals surface area contributed by atoms with E-state index in [9.17, 15) is 18.0 Å². The molecule has 3 rings (SSSR count). The molecule has 0 saturated carbocycles. The number of amides is 1. The number of halogens is 3. The van der Waals surface area contributed by atoms with Crippen molar-refractivity contribution in [1.82, 2.24) is 14.9 Å². The SMILES string of the molecule is O=C(Cc1ccccc1C(F)(F)F)N1CCC[C@H](c2ccncn2)C1. The molecule has 1 atom stereocenters. The van der Waals surface area contributed by atoms with Crippen molar-refractivity contribution in [1.29, 1.82) is 0 Å². The Balaban J connectivity index is 1.72. The lowest BCUT2D eigenvalue weighted by atomic mass is 9.94. The number of hydrogen-bond acceptors (Lipinski definition) is 3. The first-order valence-corrected chi connectivity index (χ1v) is 8.14. The molecule has 7 heteroatoms. The summed E-state index contributed by atoms with van der Waals surface area (Å²) < 4.78 is 39.3. The molecular formula is C18H18F3N3O. The Morgan fingerprint density at radius 3 is 2.76 bits per heavy atom. The molecule has 25 heavy (non-hydrogen) atoms. The third kappa shape index (κ3) is 4.15. The van der Waals surface area contributed by atoms with Gasteiger partial charge in [0.15, 0.2) is 0 Å². The van der Waals surface area contributed by atoms with E-state index in [4.69, 9.17) is 0 Å². The van der Waals surface area contributed by atoms with Crippen molar-refractivity contribution in [2.24, 2.45) is 0 Å². The van der Waals surface area contributed by atoms with Gasteiger partial charge >= 0.3 is 6.18 Å². The van der Waals surface area contributed by atoms with Crippen LogP contribution in [0.1, 0.15) is 35.6 Å². The second kappa shape index (κ2) is 7.21. The van der Waals surface area contributed by atoms with Crippen LogP contribution in [0.2, 0.25) is 0 Å². The van der Waals surface area contributed by atoms with Crippen LogP contribution < -0.4 is 0 Å². The number of piperidine rings is 1. The van der Waals surface area contributed by atoms with Crippen molar-refractivity contribution in [3.63, 3.8) is 0 Å². The van der Waals surface area contributed by atoms with Crippen molar-refractivity contribution >= 4 is 5.91 Å². The van der Waals surface area contributed by atoms with Gasteiger partial charge < -0.3 is 4.90 Å². The Bertz CT molecular complexity index is 734. The summed E-state index contributed by atoms with van der Waals surface area (Å²) in [5.41, 5.74) is 0.139. The summed E-state index contributed by atoms with van der Waals surface area (Å²) in [7, 11) is 0. The van der Waals surface area contributed by atoms with Gasteiger partial charge in [-0.3, -0.25) is 4.79 Å². The fourth-order valence-electron chi connectivity index (χ4n) is 3.21. The van der Waals surface area contributed by atoms with Crippen LogP contribution in [-0.2, 0) is 17.4 Å². The molecule has 1 aliphatic heterocycles. The molecule has 1 saturated heterocycles. The summed E-state index contributed by atoms with van der Waals surface area (Å²) in [5.74, 6) is -0.186. The van der Waals surface area contributed by atoms with Gasteiger partial charge in [0.05, 0.1) is 12.0 Å². The number of carbonyl (C=O) groups is 1. The van der Waals surface area contributed by atoms with Crippen LogP contribution in [0.5, 0.6) is 0 Å². The molecule has 2 heterocycles. The highest BCUT2D eigenvalue weighted by Crippen LogP contribution is 2.32. The number of nitrogens with zero attached hydrogens (tertiary/aromatic N) is 3. The van der Waals surface area contributed by atoms with E-state index in [1.165, 1.54) is 24.5 Å². The van der Waals surface area contributed by atoms with Crippen molar-refractivity contribution in [2.45, 2.75) is 31.4 Å². The summed E-state index contributed by atoms with van der Waals surface area (Å²) in [5, 5.41) is 0. The molecule has 1 aromatic carbocycles. The van der Waals surface area contributed by atoms with E-state index in [0.717, 1.165) is 24.6 Å². The summed E-state index contributed by atoms with van der Waals surface area (Å²) >= 11 is 0. The van der Waals surface area contributed by atoms with Crippen LogP contribution in [0, 0.1) is 0 Å². The van der Waals surface area contributed by atoms with Crippen LogP contribution >= 0.6 is 0 Å². The van der Waals surface area contributed by atoms with Gasteiger partial charge in [0.2, 0.25) is 5.91 Å². The molecule has 1 aliphatic rings. The van der Waals surface area contributed by atoms with E-state index in [1.54, 1.807) is 11.1 Å². The second-order valence-electron chi connectivity index (χ2n) is 6.14. The number of alkyl halides is 3. The standard InChI is InChI=1S/C18H18F3N3O/c19-18(20,21)15-6-2-1-4-13(15)10-17(25)24-9-3-5-14(11-24)16-7-8-22-12-23-16/h1-2,4,6-8,12,14H,3,5,9-11H2/t14-/m0/s1. The molecule has 0 radical (unpaired) electrons. The Kier molecular flexibility index (Phi) is 5.01. The largest absolute Gasteiger partial charge is 0.416 e. The van der Waals surface area contributed by atoms with Gasteiger partial charge in [0.1, 0.15) is 6.33 Å². The molecular weight excluding hydrogens is 331 g/mol. The normalized spacial score (nSPS) is 18.2. The minimum absolute atomic E-state index is 0.0177. The van der Waals surface area contributed by atoms with E-state index >= 15 is 0 Å². The number of carbonyl (C=O) groups excluding carboxylic acids is 1. The van der Waals surface area contributed by atoms with Gasteiger partial charge in [0.25, 0.3) is 0 Å². The van der Waals surface area contributed by atoms with Crippen LogP contribution in [0.3, 0.4) is 0 Å². The Morgan fingerprint density at radius 1 is 1.24 bits per heavy atom. The van der Waals surface area contributed by atoms with Crippen LogP contribution in [-0.4, -0.2) is 33.9 Å². The first-order chi connectivity index (χ1) is 11.9. The van der Waals surface area contributed by atoms with E-state index in [1.807, 2.05) is 6.07 Å². The van der Waals surface area contributed by atoms with Crippen LogP contribution in [0.25, 0.3) is 0 Å². The van der Waals surface area contributed by atoms with Crippen molar-refractivity contribution in [3.05, 3.63) is 59.7 Å². The molecule has 1 fully saturated rings. The van der Waals surface area contributed by atoms with Gasteiger partial charge in [-0.1, -0.05) is 18.2 Å². The maximum atomic E-state index is 13.1. The fraction of sp³-hybridized carbons (Fsp3) is 0.389. The van der Waals surface area contributed by atoms with E-state index in [2.05, 4.69) is 9.97 Å². The number of benzene rings is 1. The molecule has 132 valence electrons. The maximum Gasteiger partial charge on any atom is 0.416 e. The van der Waals surface area contributed by atoms with Crippen molar-refractivity contribution in [2.75, 3.05) is 13.1 Å². The predicted molar refractivity (Wildman–Crippen MR) is 85.7 cm³/mol. The Labute approximate surface area is 143 Å². The molecule has 0 aliphatic carbocycles. The maximum absolute atomic E-state index is 13.1. The first-order valence-electron chi connectivity index (χ1n) is 8.14. The monoisotopic (exact) mass is 349 g/mol. The van der Waals surface area contributed by atoms with Gasteiger partial charge in [0, 0.05) is 30.9 Å². The summed E-state index contributed by atoms with van der Waals surface area (Å²) in [6.07, 6.45) is 0.133. The van der Waals surface area contributed by atoms with E-state index in [0.29, 0.717) is 13.1 Å². The average molecular weight is 349 g/mol. The van der Waals surface area contributed by atoms with Gasteiger partial charge in [-0.05, 0) is 30.5 Å². The van der Waals surface area contributed by atoms with Crippen molar-refractivity contribution in [3.8, 4) is 0 Å². The predicted octanol–water partition coefficient (Wildman–Crippen LogP) is 3.44. The number of aromatic nitrogens is 2. The second-order valence-corrected chi connectivity index (χ2v) is 6.14. The molecule has 4 nitrogen and oxygen atoms in total. The number of rotatable bonds is 3. The third-order valence-corrected chi connectivity index (χ3v) is 4.46. The Morgan fingerprint density at radius 2 is 2.04 bits per heavy atom. The van der Waals surface area contributed by atoms with Crippen LogP contribution in [0.4, 0.5) is 13.2 Å². The zero-order valence-corrected chi connectivity index (χ0v) is 13.5. The zero-order valence-electron chi connectivity index (χ0n) is 13.5. The summed E-state index contributed by atoms with van der Waals surface area (Å²) in [6, 6.07) is 7.06. The highest BCUT2D eigenvalue weighted by atomic mass is 19.4. The lowest BCUT2D eigenvalue weighted by molar-refractivity contribution is -0.138. The topological polar surface area (TPSA) is 46.1 Å². The smallest absolute Gasteiger partial charge is 0.342 e. The molecule has 1 amide bonds. The van der Waals surface area contributed by atoms with Gasteiger partial charge in [-0.25, -0.2) is 9.97 Å². The minimum atomic E-state index is -4.46. The molecule has 1 aromatic heterocycles. The molecule has 0 unspecified atom stereocenters. The molecule has 0 bridgehead atoms. The zero-order chi connectivity index (χ0) is 17.9. The van der Waals surface area contributed by atoms with Gasteiger partial charge in [-0.15, -0.1) is 0 Å². The summed E-state index contributed by atoms with van der Waals surface area (Å²) in [6.45, 7) is 1.04. The lowest BCUT2D eigenvalue weighted by Crippen LogP contribution is -2.40. The number of likely N-dealkylation sites (tertiary alicyclic amines) is 1. The first kappa shape index (κ1) is 17.4. The average Bonchev–Trinajstić information content (AvgIpc) is 2.62. The third-order valence-electron chi connectivity index (χ3n) is 4.46. The van der Waals surface area contributed by atoms with E-state index < -0.39 is 11.7 Å². The molecule has 0 spiro atoms. The quantitative estimate of drug-likeness (QED) is 0.853. The van der Waals surface area contributed by atoms with Crippen molar-refractivity contribution < 1.29 is 18.0 Å². The number of hydrogen-bond donors (Lipinski definition) is 0.